The van der Waals surface area contributed by atoms with Crippen LogP contribution in [0.3, 0.4) is 0 Å². The molecule has 0 bridgehead atoms. The summed E-state index contributed by atoms with van der Waals surface area (Å²) < 4.78 is 4.67. The Morgan fingerprint density at radius 3 is 1.72 bits per heavy atom. The largest absolute Gasteiger partial charge is 0.309 e. The minimum atomic E-state index is 1.00. The van der Waals surface area contributed by atoms with Crippen LogP contribution in [0.4, 0.5) is 0 Å². The Morgan fingerprint density at radius 1 is 0.469 bits per heavy atom. The summed E-state index contributed by atoms with van der Waals surface area (Å²) in [6.07, 6.45) is 0. The quantitative estimate of drug-likeness (QED) is 0.282. The molecule has 7 rings (SSSR count). The molecule has 2 heteroatoms. The smallest absolute Gasteiger partial charge is 0.0973 e. The first-order valence-corrected chi connectivity index (χ1v) is 10.8. The van der Waals surface area contributed by atoms with Crippen LogP contribution in [-0.4, -0.2) is 9.13 Å². The summed E-state index contributed by atoms with van der Waals surface area (Å²) >= 11 is 0. The van der Waals surface area contributed by atoms with E-state index in [-0.39, 0.29) is 0 Å². The van der Waals surface area contributed by atoms with Crippen molar-refractivity contribution in [3.8, 4) is 11.4 Å². The first-order chi connectivity index (χ1) is 15.9. The Bertz CT molecular complexity index is 1620. The molecule has 7 aromatic rings. The maximum atomic E-state index is 3.30. The fourth-order valence-electron chi connectivity index (χ4n) is 5.02. The summed E-state index contributed by atoms with van der Waals surface area (Å²) in [7, 11) is 0. The van der Waals surface area contributed by atoms with Crippen LogP contribution in [0.5, 0.6) is 0 Å². The van der Waals surface area contributed by atoms with Crippen LogP contribution in [0, 0.1) is 12.1 Å². The lowest BCUT2D eigenvalue weighted by Gasteiger charge is -2.08. The van der Waals surface area contributed by atoms with E-state index >= 15 is 0 Å². The highest BCUT2D eigenvalue weighted by molar-refractivity contribution is 6.18. The van der Waals surface area contributed by atoms with Gasteiger partial charge in [0.1, 0.15) is 0 Å². The van der Waals surface area contributed by atoms with Gasteiger partial charge in [-0.3, -0.25) is 0 Å². The molecular formula is C30H18N2. The normalized spacial score (nSPS) is 11.5. The molecule has 148 valence electrons. The number of hydrogen-bond acceptors (Lipinski definition) is 0. The second-order valence-electron chi connectivity index (χ2n) is 8.11. The maximum absolute atomic E-state index is 3.30. The van der Waals surface area contributed by atoms with Crippen molar-refractivity contribution in [2.75, 3.05) is 0 Å². The van der Waals surface area contributed by atoms with Gasteiger partial charge in [0.2, 0.25) is 0 Å². The van der Waals surface area contributed by atoms with Gasteiger partial charge in [-0.15, -0.1) is 0 Å². The molecular weight excluding hydrogens is 388 g/mol. The molecule has 0 aliphatic carbocycles. The number of benzene rings is 4. The third-order valence-corrected chi connectivity index (χ3v) is 6.36. The Kier molecular flexibility index (Phi) is 3.50. The molecule has 0 radical (unpaired) electrons. The average Bonchev–Trinajstić information content (AvgIpc) is 3.36. The van der Waals surface area contributed by atoms with Crippen LogP contribution >= 0.6 is 0 Å². The third-order valence-electron chi connectivity index (χ3n) is 6.36. The zero-order valence-electron chi connectivity index (χ0n) is 17.3. The Morgan fingerprint density at radius 2 is 1.06 bits per heavy atom. The van der Waals surface area contributed by atoms with Gasteiger partial charge in [0, 0.05) is 27.2 Å². The van der Waals surface area contributed by atoms with Crippen molar-refractivity contribution in [1.29, 1.82) is 0 Å². The highest BCUT2D eigenvalue weighted by Gasteiger charge is 2.17. The van der Waals surface area contributed by atoms with Crippen molar-refractivity contribution in [2.45, 2.75) is 0 Å². The van der Waals surface area contributed by atoms with Gasteiger partial charge in [-0.1, -0.05) is 66.7 Å². The van der Waals surface area contributed by atoms with E-state index in [1.807, 2.05) is 12.1 Å². The number of nitrogens with zero attached hydrogens (tertiary/aromatic N) is 2. The monoisotopic (exact) mass is 406 g/mol. The zero-order valence-corrected chi connectivity index (χ0v) is 17.3. The zero-order chi connectivity index (χ0) is 21.1. The van der Waals surface area contributed by atoms with Crippen molar-refractivity contribution < 1.29 is 0 Å². The van der Waals surface area contributed by atoms with E-state index in [9.17, 15) is 0 Å². The van der Waals surface area contributed by atoms with Crippen molar-refractivity contribution >= 4 is 43.6 Å². The van der Waals surface area contributed by atoms with E-state index in [2.05, 4.69) is 118 Å². The van der Waals surface area contributed by atoms with Crippen LogP contribution < -0.4 is 0 Å². The van der Waals surface area contributed by atoms with Crippen LogP contribution in [0.15, 0.2) is 109 Å². The second kappa shape index (κ2) is 6.51. The molecule has 0 spiro atoms. The van der Waals surface area contributed by atoms with Crippen molar-refractivity contribution in [2.24, 2.45) is 0 Å². The lowest BCUT2D eigenvalue weighted by Crippen LogP contribution is -1.94. The predicted molar refractivity (Wildman–Crippen MR) is 133 cm³/mol. The minimum absolute atomic E-state index is 1.00. The molecule has 2 heterocycles. The number of para-hydroxylation sites is 3. The minimum Gasteiger partial charge on any atom is -0.309 e. The average molecular weight is 406 g/mol. The molecule has 0 unspecified atom stereocenters. The first-order valence-electron chi connectivity index (χ1n) is 10.8. The molecule has 5 aromatic carbocycles. The molecule has 0 saturated heterocycles. The van der Waals surface area contributed by atoms with Crippen LogP contribution in [0.2, 0.25) is 0 Å². The number of hydrogen-bond donors (Lipinski definition) is 0. The summed E-state index contributed by atoms with van der Waals surface area (Å²) in [5.74, 6) is 0. The molecule has 0 saturated carbocycles. The molecule has 32 heavy (non-hydrogen) atoms. The summed E-state index contributed by atoms with van der Waals surface area (Å²) in [6, 6.07) is 45.0. The molecule has 0 aliphatic heterocycles. The molecule has 0 fully saturated rings. The summed E-state index contributed by atoms with van der Waals surface area (Å²) in [5.41, 5.74) is 6.98. The van der Waals surface area contributed by atoms with Crippen LogP contribution in [0.25, 0.3) is 55.0 Å². The highest BCUT2D eigenvalue weighted by atomic mass is 15.0. The van der Waals surface area contributed by atoms with Crippen molar-refractivity contribution in [3.05, 3.63) is 121 Å². The van der Waals surface area contributed by atoms with Gasteiger partial charge in [-0.25, -0.2) is 0 Å². The Labute approximate surface area is 185 Å². The van der Waals surface area contributed by atoms with Crippen molar-refractivity contribution in [3.63, 3.8) is 0 Å². The maximum Gasteiger partial charge on any atom is 0.0973 e. The molecule has 0 aliphatic rings. The summed E-state index contributed by atoms with van der Waals surface area (Å²) in [6.45, 7) is 0. The summed E-state index contributed by atoms with van der Waals surface area (Å²) in [5, 5.41) is 4.99. The standard InChI is InChI=1S/C30H18N2/c1-3-11-21(12-4-1)31-27-17-9-7-15-23(27)25-20-30-26(19-29(25)31)24-16-8-10-18-28(24)32(30)22-13-5-2-6-14-22/h1-5,7-13,15-20H. The van der Waals surface area contributed by atoms with E-state index in [1.54, 1.807) is 0 Å². The van der Waals surface area contributed by atoms with Gasteiger partial charge in [0.15, 0.2) is 0 Å². The van der Waals surface area contributed by atoms with E-state index < -0.39 is 0 Å². The van der Waals surface area contributed by atoms with E-state index in [1.165, 1.54) is 49.3 Å². The van der Waals surface area contributed by atoms with Gasteiger partial charge >= 0.3 is 0 Å². The number of fused-ring (bicyclic) bond motifs is 6. The lowest BCUT2D eigenvalue weighted by atomic mass is 10.1. The number of rotatable bonds is 2. The van der Waals surface area contributed by atoms with Gasteiger partial charge in [-0.05, 0) is 54.6 Å². The van der Waals surface area contributed by atoms with Crippen LogP contribution in [-0.2, 0) is 0 Å². The second-order valence-corrected chi connectivity index (χ2v) is 8.11. The van der Waals surface area contributed by atoms with Gasteiger partial charge in [-0.2, -0.15) is 0 Å². The van der Waals surface area contributed by atoms with Crippen molar-refractivity contribution in [1.82, 2.24) is 9.13 Å². The fourth-order valence-corrected chi connectivity index (χ4v) is 5.02. The molecule has 2 nitrogen and oxygen atoms in total. The molecule has 2 aromatic heterocycles. The Hall–Kier alpha value is -4.48. The van der Waals surface area contributed by atoms with E-state index in [4.69, 9.17) is 0 Å². The first kappa shape index (κ1) is 17.2. The third kappa shape index (κ3) is 2.31. The molecule has 0 N–H and O–H groups in total. The van der Waals surface area contributed by atoms with E-state index in [0.717, 1.165) is 5.69 Å². The topological polar surface area (TPSA) is 9.86 Å². The lowest BCUT2D eigenvalue weighted by molar-refractivity contribution is 1.18. The van der Waals surface area contributed by atoms with Crippen LogP contribution in [0.1, 0.15) is 0 Å². The molecule has 0 atom stereocenters. The Balaban J connectivity index is 1.71. The van der Waals surface area contributed by atoms with Gasteiger partial charge in [0.05, 0.1) is 27.8 Å². The van der Waals surface area contributed by atoms with Gasteiger partial charge in [0.25, 0.3) is 0 Å². The van der Waals surface area contributed by atoms with Gasteiger partial charge < -0.3 is 9.13 Å². The SMILES string of the molecule is c1cccc(-n2c3ccccc3c3cc4c(cc32)c2ccccc2n4-c2ccccc2)c#1. The molecule has 0 amide bonds. The highest BCUT2D eigenvalue weighted by Crippen LogP contribution is 2.39. The number of aromatic nitrogens is 2. The van der Waals surface area contributed by atoms with E-state index in [0.29, 0.717) is 0 Å². The predicted octanol–water partition coefficient (Wildman–Crippen LogP) is 7.48. The summed E-state index contributed by atoms with van der Waals surface area (Å²) in [4.78, 5) is 0. The fraction of sp³-hybridized carbons (Fsp3) is 0.